The van der Waals surface area contributed by atoms with E-state index in [1.54, 1.807) is 0 Å². The van der Waals surface area contributed by atoms with E-state index in [1.165, 1.54) is 116 Å². The van der Waals surface area contributed by atoms with E-state index in [0.29, 0.717) is 11.8 Å². The number of rotatable bonds is 26. The zero-order valence-electron chi connectivity index (χ0n) is 23.4. The molecule has 0 aliphatic heterocycles. The second-order valence-electron chi connectivity index (χ2n) is 10.2. The molecule has 33 heavy (non-hydrogen) atoms. The highest BCUT2D eigenvalue weighted by molar-refractivity contribution is 4.88. The highest BCUT2D eigenvalue weighted by atomic mass is 16.5. The smallest absolute Gasteiger partial charge is 0.0471 e. The SMILES string of the molecule is CCC=CC(CCCCCCCCC)CCOCCC(C=CCC)CCCCCCCCC. The summed E-state index contributed by atoms with van der Waals surface area (Å²) < 4.78 is 6.13. The van der Waals surface area contributed by atoms with Gasteiger partial charge in [0.1, 0.15) is 0 Å². The van der Waals surface area contributed by atoms with Crippen LogP contribution in [0.2, 0.25) is 0 Å². The molecule has 0 heterocycles. The fraction of sp³-hybridized carbons (Fsp3) is 0.875. The lowest BCUT2D eigenvalue weighted by molar-refractivity contribution is 0.113. The molecule has 0 rings (SSSR count). The van der Waals surface area contributed by atoms with E-state index in [-0.39, 0.29) is 0 Å². The first-order chi connectivity index (χ1) is 16.3. The van der Waals surface area contributed by atoms with E-state index < -0.39 is 0 Å². The van der Waals surface area contributed by atoms with Gasteiger partial charge in [0.25, 0.3) is 0 Å². The molecule has 0 aliphatic rings. The molecule has 0 aromatic heterocycles. The van der Waals surface area contributed by atoms with Crippen LogP contribution in [0.15, 0.2) is 24.3 Å². The normalized spacial score (nSPS) is 13.9. The number of unbranched alkanes of at least 4 members (excludes halogenated alkanes) is 12. The average molecular weight is 463 g/mol. The van der Waals surface area contributed by atoms with Crippen molar-refractivity contribution in [2.75, 3.05) is 13.2 Å². The van der Waals surface area contributed by atoms with Crippen molar-refractivity contribution in [3.05, 3.63) is 24.3 Å². The first-order valence-electron chi connectivity index (χ1n) is 15.2. The van der Waals surface area contributed by atoms with Crippen LogP contribution in [0.25, 0.3) is 0 Å². The van der Waals surface area contributed by atoms with Gasteiger partial charge in [-0.15, -0.1) is 0 Å². The quantitative estimate of drug-likeness (QED) is 0.0917. The fourth-order valence-corrected chi connectivity index (χ4v) is 4.63. The van der Waals surface area contributed by atoms with Gasteiger partial charge in [-0.1, -0.05) is 142 Å². The summed E-state index contributed by atoms with van der Waals surface area (Å²) in [5.74, 6) is 1.42. The lowest BCUT2D eigenvalue weighted by atomic mass is 9.96. The van der Waals surface area contributed by atoms with Crippen LogP contribution < -0.4 is 0 Å². The van der Waals surface area contributed by atoms with Crippen molar-refractivity contribution in [1.82, 2.24) is 0 Å². The van der Waals surface area contributed by atoms with Gasteiger partial charge in [0.05, 0.1) is 0 Å². The van der Waals surface area contributed by atoms with Crippen molar-refractivity contribution in [1.29, 1.82) is 0 Å². The third kappa shape index (κ3) is 24.4. The van der Waals surface area contributed by atoms with E-state index in [4.69, 9.17) is 4.74 Å². The van der Waals surface area contributed by atoms with Gasteiger partial charge in [0, 0.05) is 13.2 Å². The molecule has 0 bridgehead atoms. The van der Waals surface area contributed by atoms with Gasteiger partial charge in [0.15, 0.2) is 0 Å². The maximum Gasteiger partial charge on any atom is 0.0471 e. The standard InChI is InChI=1S/C32H62O/c1-5-9-13-15-17-19-21-25-31(23-11-7-3)27-29-33-30-28-32(24-12-8-4)26-22-20-18-16-14-10-6-2/h11-12,23-24,31-32H,5-10,13-22,25-30H2,1-4H3. The van der Waals surface area contributed by atoms with Crippen molar-refractivity contribution in [2.45, 2.75) is 156 Å². The number of allylic oxidation sites excluding steroid dienone is 4. The minimum Gasteiger partial charge on any atom is -0.381 e. The van der Waals surface area contributed by atoms with E-state index in [1.807, 2.05) is 0 Å². The zero-order valence-corrected chi connectivity index (χ0v) is 23.4. The van der Waals surface area contributed by atoms with Crippen molar-refractivity contribution in [2.24, 2.45) is 11.8 Å². The lowest BCUT2D eigenvalue weighted by Crippen LogP contribution is -2.07. The van der Waals surface area contributed by atoms with Crippen LogP contribution >= 0.6 is 0 Å². The van der Waals surface area contributed by atoms with Crippen LogP contribution in [0.4, 0.5) is 0 Å². The molecule has 0 radical (unpaired) electrons. The fourth-order valence-electron chi connectivity index (χ4n) is 4.63. The predicted molar refractivity (Wildman–Crippen MR) is 151 cm³/mol. The Labute approximate surface area is 210 Å². The Kier molecular flexibility index (Phi) is 27.2. The molecule has 1 heteroatoms. The highest BCUT2D eigenvalue weighted by Gasteiger charge is 2.08. The van der Waals surface area contributed by atoms with Crippen LogP contribution in [0.1, 0.15) is 156 Å². The van der Waals surface area contributed by atoms with Crippen LogP contribution in [0, 0.1) is 11.8 Å². The van der Waals surface area contributed by atoms with E-state index in [9.17, 15) is 0 Å². The van der Waals surface area contributed by atoms with Crippen LogP contribution in [-0.4, -0.2) is 13.2 Å². The summed E-state index contributed by atoms with van der Waals surface area (Å²) in [6, 6.07) is 0. The minimum absolute atomic E-state index is 0.712. The first-order valence-corrected chi connectivity index (χ1v) is 15.2. The summed E-state index contributed by atoms with van der Waals surface area (Å²) in [5.41, 5.74) is 0. The van der Waals surface area contributed by atoms with Gasteiger partial charge >= 0.3 is 0 Å². The molecular formula is C32H62O. The first kappa shape index (κ1) is 32.4. The van der Waals surface area contributed by atoms with Gasteiger partial charge in [-0.05, 0) is 50.4 Å². The lowest BCUT2D eigenvalue weighted by Gasteiger charge is -2.15. The molecule has 0 saturated carbocycles. The van der Waals surface area contributed by atoms with Gasteiger partial charge in [0.2, 0.25) is 0 Å². The summed E-state index contributed by atoms with van der Waals surface area (Å²) in [6.07, 6.45) is 36.7. The Morgan fingerprint density at radius 3 is 1.18 bits per heavy atom. The molecule has 0 N–H and O–H groups in total. The molecule has 0 fully saturated rings. The van der Waals surface area contributed by atoms with Gasteiger partial charge in [-0.2, -0.15) is 0 Å². The minimum atomic E-state index is 0.712. The molecule has 0 aromatic rings. The molecule has 0 aliphatic carbocycles. The van der Waals surface area contributed by atoms with E-state index >= 15 is 0 Å². The Balaban J connectivity index is 4.02. The van der Waals surface area contributed by atoms with E-state index in [0.717, 1.165) is 26.1 Å². The van der Waals surface area contributed by atoms with Crippen molar-refractivity contribution < 1.29 is 4.74 Å². The third-order valence-electron chi connectivity index (χ3n) is 6.91. The topological polar surface area (TPSA) is 9.23 Å². The largest absolute Gasteiger partial charge is 0.381 e. The van der Waals surface area contributed by atoms with Crippen LogP contribution in [0.5, 0.6) is 0 Å². The van der Waals surface area contributed by atoms with Crippen molar-refractivity contribution >= 4 is 0 Å². The Morgan fingerprint density at radius 1 is 0.455 bits per heavy atom. The maximum absolute atomic E-state index is 6.13. The van der Waals surface area contributed by atoms with Gasteiger partial charge in [-0.25, -0.2) is 0 Å². The number of ether oxygens (including phenoxy) is 1. The highest BCUT2D eigenvalue weighted by Crippen LogP contribution is 2.20. The van der Waals surface area contributed by atoms with E-state index in [2.05, 4.69) is 52.0 Å². The molecule has 0 saturated heterocycles. The summed E-state index contributed by atoms with van der Waals surface area (Å²) in [5, 5.41) is 0. The molecule has 0 amide bonds. The van der Waals surface area contributed by atoms with Gasteiger partial charge in [-0.3, -0.25) is 0 Å². The third-order valence-corrected chi connectivity index (χ3v) is 6.91. The Hall–Kier alpha value is -0.560. The molecule has 0 spiro atoms. The summed E-state index contributed by atoms with van der Waals surface area (Å²) in [4.78, 5) is 0. The van der Waals surface area contributed by atoms with Crippen molar-refractivity contribution in [3.8, 4) is 0 Å². The van der Waals surface area contributed by atoms with Crippen molar-refractivity contribution in [3.63, 3.8) is 0 Å². The second kappa shape index (κ2) is 27.7. The van der Waals surface area contributed by atoms with Gasteiger partial charge < -0.3 is 4.74 Å². The van der Waals surface area contributed by atoms with Crippen LogP contribution in [0.3, 0.4) is 0 Å². The molecular weight excluding hydrogens is 400 g/mol. The zero-order chi connectivity index (χ0) is 24.2. The number of hydrogen-bond acceptors (Lipinski definition) is 1. The van der Waals surface area contributed by atoms with Crippen LogP contribution in [-0.2, 0) is 4.74 Å². The molecule has 2 unspecified atom stereocenters. The summed E-state index contributed by atoms with van der Waals surface area (Å²) in [6.45, 7) is 10.9. The summed E-state index contributed by atoms with van der Waals surface area (Å²) >= 11 is 0. The second-order valence-corrected chi connectivity index (χ2v) is 10.2. The monoisotopic (exact) mass is 462 g/mol. The maximum atomic E-state index is 6.13. The Morgan fingerprint density at radius 2 is 0.818 bits per heavy atom. The summed E-state index contributed by atoms with van der Waals surface area (Å²) in [7, 11) is 0. The molecule has 196 valence electrons. The predicted octanol–water partition coefficient (Wildman–Crippen LogP) is 11.2. The Bertz CT molecular complexity index is 373. The molecule has 1 nitrogen and oxygen atoms in total. The molecule has 0 aromatic carbocycles. The molecule has 2 atom stereocenters. The average Bonchev–Trinajstić information content (AvgIpc) is 2.83. The number of hydrogen-bond donors (Lipinski definition) is 0.